The summed E-state index contributed by atoms with van der Waals surface area (Å²) in [6.07, 6.45) is -0.793. The lowest BCUT2D eigenvalue weighted by Crippen LogP contribution is -2.48. The van der Waals surface area contributed by atoms with Crippen LogP contribution in [-0.2, 0) is 20.5 Å². The number of nitrogens with zero attached hydrogens (tertiary/aromatic N) is 2. The number of alkyl halides is 3. The molecular weight excluding hydrogens is 385 g/mol. The van der Waals surface area contributed by atoms with Crippen molar-refractivity contribution in [1.29, 1.82) is 0 Å². The third-order valence-corrected chi connectivity index (χ3v) is 5.89. The molecule has 2 amide bonds. The van der Waals surface area contributed by atoms with E-state index in [-0.39, 0.29) is 24.3 Å². The van der Waals surface area contributed by atoms with E-state index < -0.39 is 23.7 Å². The number of likely N-dealkylation sites (N-methyl/N-ethyl adjacent to an activating group) is 1. The van der Waals surface area contributed by atoms with E-state index in [0.717, 1.165) is 31.4 Å². The molecule has 2 fully saturated rings. The van der Waals surface area contributed by atoms with Gasteiger partial charge in [0.15, 0.2) is 0 Å². The van der Waals surface area contributed by atoms with Gasteiger partial charge in [-0.1, -0.05) is 12.1 Å². The molecule has 0 radical (unpaired) electrons. The molecule has 2 aliphatic rings. The SMILES string of the molecule is CN(CC1CCCCO1)C(=O)C1CCC(=O)N(C)C1c1ccc(C(F)(F)F)cc1. The molecule has 29 heavy (non-hydrogen) atoms. The number of carbonyl (C=O) groups is 2. The van der Waals surface area contributed by atoms with Crippen LogP contribution in [-0.4, -0.2) is 55.0 Å². The van der Waals surface area contributed by atoms with Gasteiger partial charge in [0.05, 0.1) is 23.6 Å². The quantitative estimate of drug-likeness (QED) is 0.759. The van der Waals surface area contributed by atoms with Crippen LogP contribution in [0.1, 0.15) is 49.3 Å². The molecule has 0 bridgehead atoms. The highest BCUT2D eigenvalue weighted by Crippen LogP contribution is 2.38. The molecule has 1 aromatic carbocycles. The lowest BCUT2D eigenvalue weighted by Gasteiger charge is -2.40. The van der Waals surface area contributed by atoms with Crippen LogP contribution in [0.15, 0.2) is 24.3 Å². The molecule has 0 aliphatic carbocycles. The third kappa shape index (κ3) is 4.91. The summed E-state index contributed by atoms with van der Waals surface area (Å²) >= 11 is 0. The lowest BCUT2D eigenvalue weighted by molar-refractivity contribution is -0.147. The smallest absolute Gasteiger partial charge is 0.376 e. The minimum atomic E-state index is -4.43. The van der Waals surface area contributed by atoms with Gasteiger partial charge in [-0.15, -0.1) is 0 Å². The minimum Gasteiger partial charge on any atom is -0.376 e. The van der Waals surface area contributed by atoms with Crippen LogP contribution in [0.3, 0.4) is 0 Å². The maximum absolute atomic E-state index is 13.2. The van der Waals surface area contributed by atoms with Crippen molar-refractivity contribution in [3.05, 3.63) is 35.4 Å². The zero-order chi connectivity index (χ0) is 21.2. The normalized spacial score (nSPS) is 25.8. The predicted octanol–water partition coefficient (Wildman–Crippen LogP) is 3.64. The van der Waals surface area contributed by atoms with Gasteiger partial charge in [0.2, 0.25) is 11.8 Å². The van der Waals surface area contributed by atoms with Crippen LogP contribution in [0.25, 0.3) is 0 Å². The third-order valence-electron chi connectivity index (χ3n) is 5.89. The van der Waals surface area contributed by atoms with Gasteiger partial charge in [-0.25, -0.2) is 0 Å². The number of carbonyl (C=O) groups excluding carboxylic acids is 2. The van der Waals surface area contributed by atoms with Crippen LogP contribution in [0, 0.1) is 5.92 Å². The summed E-state index contributed by atoms with van der Waals surface area (Å²) in [7, 11) is 3.33. The van der Waals surface area contributed by atoms with Crippen molar-refractivity contribution >= 4 is 11.8 Å². The lowest BCUT2D eigenvalue weighted by atomic mass is 9.83. The molecule has 2 heterocycles. The maximum atomic E-state index is 13.2. The summed E-state index contributed by atoms with van der Waals surface area (Å²) in [6, 6.07) is 4.16. The highest BCUT2D eigenvalue weighted by Gasteiger charge is 2.40. The van der Waals surface area contributed by atoms with Crippen LogP contribution >= 0.6 is 0 Å². The largest absolute Gasteiger partial charge is 0.416 e. The average Bonchev–Trinajstić information content (AvgIpc) is 2.69. The fourth-order valence-corrected chi connectivity index (χ4v) is 4.25. The molecule has 3 atom stereocenters. The van der Waals surface area contributed by atoms with Gasteiger partial charge in [0.25, 0.3) is 0 Å². The van der Waals surface area contributed by atoms with E-state index in [4.69, 9.17) is 4.74 Å². The molecule has 0 spiro atoms. The second-order valence-electron chi connectivity index (χ2n) is 7.92. The van der Waals surface area contributed by atoms with Crippen LogP contribution in [0.2, 0.25) is 0 Å². The zero-order valence-corrected chi connectivity index (χ0v) is 16.7. The molecule has 8 heteroatoms. The Morgan fingerprint density at radius 3 is 2.48 bits per heavy atom. The van der Waals surface area contributed by atoms with Gasteiger partial charge in [-0.3, -0.25) is 9.59 Å². The Morgan fingerprint density at radius 1 is 1.21 bits per heavy atom. The van der Waals surface area contributed by atoms with Gasteiger partial charge in [-0.05, 0) is 43.4 Å². The Morgan fingerprint density at radius 2 is 1.90 bits per heavy atom. The molecule has 0 aromatic heterocycles. The number of hydrogen-bond donors (Lipinski definition) is 0. The number of halogens is 3. The number of benzene rings is 1. The summed E-state index contributed by atoms with van der Waals surface area (Å²) in [5.74, 6) is -0.719. The average molecular weight is 412 g/mol. The Kier molecular flexibility index (Phi) is 6.51. The second-order valence-corrected chi connectivity index (χ2v) is 7.92. The van der Waals surface area contributed by atoms with Crippen LogP contribution < -0.4 is 0 Å². The van der Waals surface area contributed by atoms with Crippen molar-refractivity contribution in [2.45, 2.75) is 50.4 Å². The topological polar surface area (TPSA) is 49.9 Å². The Hall–Kier alpha value is -2.09. The Balaban J connectivity index is 1.79. The molecule has 3 rings (SSSR count). The number of piperidine rings is 1. The van der Waals surface area contributed by atoms with E-state index in [0.29, 0.717) is 25.1 Å². The number of amides is 2. The fraction of sp³-hybridized carbons (Fsp3) is 0.619. The van der Waals surface area contributed by atoms with E-state index in [1.54, 1.807) is 19.0 Å². The first-order valence-electron chi connectivity index (χ1n) is 9.98. The first kappa shape index (κ1) is 21.6. The van der Waals surface area contributed by atoms with Crippen LogP contribution in [0.4, 0.5) is 13.2 Å². The summed E-state index contributed by atoms with van der Waals surface area (Å²) in [6.45, 7) is 1.17. The molecule has 0 N–H and O–H groups in total. The zero-order valence-electron chi connectivity index (χ0n) is 16.7. The number of likely N-dealkylation sites (tertiary alicyclic amines) is 1. The van der Waals surface area contributed by atoms with E-state index >= 15 is 0 Å². The summed E-state index contributed by atoms with van der Waals surface area (Å²) in [4.78, 5) is 28.6. The summed E-state index contributed by atoms with van der Waals surface area (Å²) < 4.78 is 44.4. The molecule has 3 unspecified atom stereocenters. The highest BCUT2D eigenvalue weighted by atomic mass is 19.4. The molecule has 0 saturated carbocycles. The molecule has 1 aromatic rings. The van der Waals surface area contributed by atoms with Gasteiger partial charge in [0, 0.05) is 33.7 Å². The molecular formula is C21H27F3N2O3. The summed E-state index contributed by atoms with van der Waals surface area (Å²) in [5.41, 5.74) is -0.213. The van der Waals surface area contributed by atoms with Gasteiger partial charge < -0.3 is 14.5 Å². The maximum Gasteiger partial charge on any atom is 0.416 e. The van der Waals surface area contributed by atoms with Crippen molar-refractivity contribution in [2.24, 2.45) is 5.92 Å². The predicted molar refractivity (Wildman–Crippen MR) is 101 cm³/mol. The van der Waals surface area contributed by atoms with Gasteiger partial charge in [-0.2, -0.15) is 13.2 Å². The monoisotopic (exact) mass is 412 g/mol. The highest BCUT2D eigenvalue weighted by molar-refractivity contribution is 5.84. The van der Waals surface area contributed by atoms with Crippen LogP contribution in [0.5, 0.6) is 0 Å². The van der Waals surface area contributed by atoms with Gasteiger partial charge in [0.1, 0.15) is 0 Å². The standard InChI is InChI=1S/C21H27F3N2O3/c1-25(13-16-5-3-4-12-29-16)20(28)17-10-11-18(27)26(2)19(17)14-6-8-15(9-7-14)21(22,23)24/h6-9,16-17,19H,3-5,10-13H2,1-2H3. The number of ether oxygens (including phenoxy) is 1. The summed E-state index contributed by atoms with van der Waals surface area (Å²) in [5, 5.41) is 0. The Bertz CT molecular complexity index is 730. The molecule has 2 aliphatic heterocycles. The van der Waals surface area contributed by atoms with E-state index in [1.165, 1.54) is 17.0 Å². The Labute approximate surface area is 168 Å². The van der Waals surface area contributed by atoms with Crippen molar-refractivity contribution in [2.75, 3.05) is 27.2 Å². The molecule has 5 nitrogen and oxygen atoms in total. The molecule has 160 valence electrons. The number of rotatable bonds is 4. The van der Waals surface area contributed by atoms with E-state index in [2.05, 4.69) is 0 Å². The van der Waals surface area contributed by atoms with Gasteiger partial charge >= 0.3 is 6.18 Å². The van der Waals surface area contributed by atoms with E-state index in [1.807, 2.05) is 0 Å². The minimum absolute atomic E-state index is 0.00479. The van der Waals surface area contributed by atoms with E-state index in [9.17, 15) is 22.8 Å². The van der Waals surface area contributed by atoms with Crippen molar-refractivity contribution in [3.63, 3.8) is 0 Å². The molecule has 2 saturated heterocycles. The van der Waals surface area contributed by atoms with Crippen molar-refractivity contribution < 1.29 is 27.5 Å². The fourth-order valence-electron chi connectivity index (χ4n) is 4.25. The second kappa shape index (κ2) is 8.73. The first-order valence-corrected chi connectivity index (χ1v) is 9.98. The first-order chi connectivity index (χ1) is 13.7. The number of hydrogen-bond acceptors (Lipinski definition) is 3. The van der Waals surface area contributed by atoms with Crippen molar-refractivity contribution in [1.82, 2.24) is 9.80 Å². The van der Waals surface area contributed by atoms with Crippen molar-refractivity contribution in [3.8, 4) is 0 Å².